The molecule has 1 aliphatic carbocycles. The van der Waals surface area contributed by atoms with Crippen LogP contribution < -0.4 is 5.32 Å². The first-order valence-corrected chi connectivity index (χ1v) is 7.50. The fraction of sp³-hybridized carbons (Fsp3) is 0.471. The van der Waals surface area contributed by atoms with Crippen molar-refractivity contribution in [2.45, 2.75) is 37.6 Å². The van der Waals surface area contributed by atoms with Gasteiger partial charge in [0.25, 0.3) is 0 Å². The van der Waals surface area contributed by atoms with Crippen LogP contribution in [-0.4, -0.2) is 22.9 Å². The minimum atomic E-state index is 0.554. The Bertz CT molecular complexity index is 573. The fourth-order valence-corrected chi connectivity index (χ4v) is 3.48. The minimum absolute atomic E-state index is 0.554. The lowest BCUT2D eigenvalue weighted by atomic mass is 9.89. The van der Waals surface area contributed by atoms with E-state index in [0.717, 1.165) is 6.42 Å². The molecule has 2 atom stereocenters. The first-order valence-electron chi connectivity index (χ1n) is 7.50. The van der Waals surface area contributed by atoms with Crippen LogP contribution in [0.1, 0.15) is 35.4 Å². The van der Waals surface area contributed by atoms with E-state index >= 15 is 0 Å². The molecule has 0 radical (unpaired) electrons. The highest BCUT2D eigenvalue weighted by atomic mass is 15.2. The van der Waals surface area contributed by atoms with Crippen molar-refractivity contribution in [1.82, 2.24) is 15.1 Å². The summed E-state index contributed by atoms with van der Waals surface area (Å²) in [6.45, 7) is 0. The molecule has 0 amide bonds. The number of likely N-dealkylation sites (N-methyl/N-ethyl adjacent to an activating group) is 1. The van der Waals surface area contributed by atoms with E-state index in [1.165, 1.54) is 24.8 Å². The van der Waals surface area contributed by atoms with Crippen LogP contribution in [0, 0.1) is 0 Å². The van der Waals surface area contributed by atoms with Gasteiger partial charge in [0.15, 0.2) is 0 Å². The van der Waals surface area contributed by atoms with Crippen molar-refractivity contribution >= 4 is 0 Å². The summed E-state index contributed by atoms with van der Waals surface area (Å²) in [5.41, 5.74) is 4.43. The zero-order chi connectivity index (χ0) is 13.9. The maximum absolute atomic E-state index is 4.25. The topological polar surface area (TPSA) is 29.9 Å². The molecule has 0 saturated heterocycles. The maximum atomic E-state index is 4.25. The molecule has 20 heavy (non-hydrogen) atoms. The Hall–Kier alpha value is -1.61. The highest BCUT2D eigenvalue weighted by molar-refractivity contribution is 5.36. The molecule has 0 aliphatic heterocycles. The SMILES string of the molecule is CNC(CCc1cnn(C)c1)C1CCc2ccccc21. The van der Waals surface area contributed by atoms with Gasteiger partial charge in [-0.3, -0.25) is 4.68 Å². The number of hydrogen-bond donors (Lipinski definition) is 1. The van der Waals surface area contributed by atoms with Gasteiger partial charge in [0.1, 0.15) is 0 Å². The number of benzene rings is 1. The molecule has 1 aromatic heterocycles. The maximum Gasteiger partial charge on any atom is 0.0521 e. The summed E-state index contributed by atoms with van der Waals surface area (Å²) in [7, 11) is 4.07. The van der Waals surface area contributed by atoms with Gasteiger partial charge in [0, 0.05) is 19.3 Å². The van der Waals surface area contributed by atoms with E-state index in [-0.39, 0.29) is 0 Å². The van der Waals surface area contributed by atoms with Crippen LogP contribution in [0.15, 0.2) is 36.7 Å². The van der Waals surface area contributed by atoms with E-state index in [1.54, 1.807) is 11.1 Å². The van der Waals surface area contributed by atoms with Crippen molar-refractivity contribution < 1.29 is 0 Å². The summed E-state index contributed by atoms with van der Waals surface area (Å²) < 4.78 is 1.88. The molecule has 0 saturated carbocycles. The largest absolute Gasteiger partial charge is 0.316 e. The molecule has 1 aliphatic rings. The molecular weight excluding hydrogens is 246 g/mol. The molecule has 1 heterocycles. The first kappa shape index (κ1) is 13.4. The van der Waals surface area contributed by atoms with Crippen molar-refractivity contribution in [3.8, 4) is 0 Å². The molecule has 1 aromatic carbocycles. The summed E-state index contributed by atoms with van der Waals surface area (Å²) in [4.78, 5) is 0. The second-order valence-electron chi connectivity index (χ2n) is 5.80. The van der Waals surface area contributed by atoms with Crippen LogP contribution >= 0.6 is 0 Å². The minimum Gasteiger partial charge on any atom is -0.316 e. The molecule has 2 aromatic rings. The van der Waals surface area contributed by atoms with Crippen molar-refractivity contribution in [3.63, 3.8) is 0 Å². The Morgan fingerprint density at radius 2 is 2.25 bits per heavy atom. The second kappa shape index (κ2) is 5.80. The van der Waals surface area contributed by atoms with E-state index in [2.05, 4.69) is 47.9 Å². The van der Waals surface area contributed by atoms with Crippen molar-refractivity contribution in [2.24, 2.45) is 7.05 Å². The second-order valence-corrected chi connectivity index (χ2v) is 5.80. The van der Waals surface area contributed by atoms with Crippen molar-refractivity contribution in [3.05, 3.63) is 53.3 Å². The summed E-state index contributed by atoms with van der Waals surface area (Å²) in [6, 6.07) is 9.47. The van der Waals surface area contributed by atoms with Gasteiger partial charge in [0.05, 0.1) is 6.20 Å². The zero-order valence-electron chi connectivity index (χ0n) is 12.3. The quantitative estimate of drug-likeness (QED) is 0.904. The summed E-state index contributed by atoms with van der Waals surface area (Å²) in [6.07, 6.45) is 8.87. The van der Waals surface area contributed by atoms with Gasteiger partial charge in [-0.2, -0.15) is 5.10 Å². The third kappa shape index (κ3) is 2.63. The molecular formula is C17H23N3. The van der Waals surface area contributed by atoms with Gasteiger partial charge in [-0.1, -0.05) is 24.3 Å². The zero-order valence-corrected chi connectivity index (χ0v) is 12.3. The lowest BCUT2D eigenvalue weighted by Gasteiger charge is -2.24. The monoisotopic (exact) mass is 269 g/mol. The predicted octanol–water partition coefficient (Wildman–Crippen LogP) is 2.67. The van der Waals surface area contributed by atoms with Crippen LogP contribution in [0.25, 0.3) is 0 Å². The van der Waals surface area contributed by atoms with Gasteiger partial charge in [-0.05, 0) is 55.3 Å². The molecule has 3 nitrogen and oxygen atoms in total. The number of hydrogen-bond acceptors (Lipinski definition) is 2. The highest BCUT2D eigenvalue weighted by Gasteiger charge is 2.28. The number of aryl methyl sites for hydroxylation is 3. The molecule has 3 heteroatoms. The normalized spacial score (nSPS) is 19.0. The molecule has 2 unspecified atom stereocenters. The summed E-state index contributed by atoms with van der Waals surface area (Å²) >= 11 is 0. The first-order chi connectivity index (χ1) is 9.78. The molecule has 0 fully saturated rings. The Kier molecular flexibility index (Phi) is 3.88. The van der Waals surface area contributed by atoms with Crippen LogP contribution in [0.5, 0.6) is 0 Å². The molecule has 0 bridgehead atoms. The Balaban J connectivity index is 1.68. The lowest BCUT2D eigenvalue weighted by molar-refractivity contribution is 0.432. The standard InChI is InChI=1S/C17H23N3/c1-18-17(10-7-13-11-19-20(2)12-13)16-9-8-14-5-3-4-6-15(14)16/h3-6,11-12,16-18H,7-10H2,1-2H3. The number of aromatic nitrogens is 2. The Labute approximate surface area is 121 Å². The predicted molar refractivity (Wildman–Crippen MR) is 81.9 cm³/mol. The van der Waals surface area contributed by atoms with E-state index in [0.29, 0.717) is 12.0 Å². The smallest absolute Gasteiger partial charge is 0.0521 e. The van der Waals surface area contributed by atoms with Gasteiger partial charge in [0.2, 0.25) is 0 Å². The molecule has 106 valence electrons. The fourth-order valence-electron chi connectivity index (χ4n) is 3.48. The van der Waals surface area contributed by atoms with Crippen LogP contribution in [0.3, 0.4) is 0 Å². The van der Waals surface area contributed by atoms with Crippen molar-refractivity contribution in [1.29, 1.82) is 0 Å². The van der Waals surface area contributed by atoms with E-state index < -0.39 is 0 Å². The summed E-state index contributed by atoms with van der Waals surface area (Å²) in [5, 5.41) is 7.78. The number of fused-ring (bicyclic) bond motifs is 1. The average molecular weight is 269 g/mol. The van der Waals surface area contributed by atoms with Crippen LogP contribution in [0.2, 0.25) is 0 Å². The van der Waals surface area contributed by atoms with Crippen LogP contribution in [-0.2, 0) is 19.9 Å². The van der Waals surface area contributed by atoms with Crippen molar-refractivity contribution in [2.75, 3.05) is 7.05 Å². The van der Waals surface area contributed by atoms with Gasteiger partial charge < -0.3 is 5.32 Å². The Morgan fingerprint density at radius 3 is 3.00 bits per heavy atom. The Morgan fingerprint density at radius 1 is 1.40 bits per heavy atom. The van der Waals surface area contributed by atoms with Gasteiger partial charge in [-0.25, -0.2) is 0 Å². The molecule has 3 rings (SSSR count). The van der Waals surface area contributed by atoms with E-state index in [1.807, 2.05) is 17.9 Å². The van der Waals surface area contributed by atoms with E-state index in [4.69, 9.17) is 0 Å². The highest BCUT2D eigenvalue weighted by Crippen LogP contribution is 2.36. The number of rotatable bonds is 5. The third-order valence-corrected chi connectivity index (χ3v) is 4.54. The molecule has 1 N–H and O–H groups in total. The lowest BCUT2D eigenvalue weighted by Crippen LogP contribution is -2.31. The number of nitrogens with one attached hydrogen (secondary N) is 1. The van der Waals surface area contributed by atoms with Gasteiger partial charge in [-0.15, -0.1) is 0 Å². The molecule has 0 spiro atoms. The van der Waals surface area contributed by atoms with Crippen LogP contribution in [0.4, 0.5) is 0 Å². The van der Waals surface area contributed by atoms with Gasteiger partial charge >= 0.3 is 0 Å². The average Bonchev–Trinajstić information content (AvgIpc) is 3.07. The summed E-state index contributed by atoms with van der Waals surface area (Å²) in [5.74, 6) is 0.660. The third-order valence-electron chi connectivity index (χ3n) is 4.54. The number of nitrogens with zero attached hydrogens (tertiary/aromatic N) is 2. The van der Waals surface area contributed by atoms with E-state index in [9.17, 15) is 0 Å².